The molecule has 0 spiro atoms. The van der Waals surface area contributed by atoms with Crippen LogP contribution < -0.4 is 18.9 Å². The lowest BCUT2D eigenvalue weighted by Crippen LogP contribution is -2.47. The highest BCUT2D eigenvalue weighted by Gasteiger charge is 2.44. The van der Waals surface area contributed by atoms with Gasteiger partial charge in [-0.3, -0.25) is 29.8 Å². The second-order valence-corrected chi connectivity index (χ2v) is 22.2. The monoisotopic (exact) mass is 1000 g/mol. The second kappa shape index (κ2) is 26.4. The first kappa shape index (κ1) is 53.5. The molecular formula is C44H64F2N6O10S4. The Kier molecular flexibility index (Phi) is 21.4. The third-order valence-corrected chi connectivity index (χ3v) is 17.2. The van der Waals surface area contributed by atoms with Crippen LogP contribution in [0.3, 0.4) is 0 Å². The van der Waals surface area contributed by atoms with Crippen LogP contribution in [0.1, 0.15) is 74.1 Å². The van der Waals surface area contributed by atoms with Crippen molar-refractivity contribution in [3.63, 3.8) is 0 Å². The summed E-state index contributed by atoms with van der Waals surface area (Å²) in [5, 5.41) is 24.5. The fourth-order valence-electron chi connectivity index (χ4n) is 8.58. The Bertz CT molecular complexity index is 1810. The van der Waals surface area contributed by atoms with Crippen LogP contribution in [0.25, 0.3) is 0 Å². The molecule has 368 valence electrons. The van der Waals surface area contributed by atoms with Gasteiger partial charge in [0.25, 0.3) is 23.2 Å². The van der Waals surface area contributed by atoms with Gasteiger partial charge in [-0.25, -0.2) is 8.78 Å². The van der Waals surface area contributed by atoms with Crippen molar-refractivity contribution in [2.75, 3.05) is 103 Å². The van der Waals surface area contributed by atoms with Crippen LogP contribution >= 0.6 is 47.0 Å². The Morgan fingerprint density at radius 2 is 0.985 bits per heavy atom. The maximum atomic E-state index is 14.8. The molecular weight excluding hydrogens is 939 g/mol. The van der Waals surface area contributed by atoms with Gasteiger partial charge in [0.2, 0.25) is 0 Å². The number of methoxy groups -OCH3 is 2. The largest absolute Gasteiger partial charge is 0.493 e. The maximum Gasteiger partial charge on any atom is 0.286 e. The van der Waals surface area contributed by atoms with Gasteiger partial charge in [-0.2, -0.15) is 0 Å². The summed E-state index contributed by atoms with van der Waals surface area (Å²) in [6, 6.07) is 4.31. The minimum absolute atomic E-state index is 0.0524. The lowest BCUT2D eigenvalue weighted by atomic mass is 10.1. The van der Waals surface area contributed by atoms with Crippen molar-refractivity contribution >= 4 is 70.2 Å². The lowest BCUT2D eigenvalue weighted by Gasteiger charge is -2.34. The number of carbonyl (C=O) groups excluding carboxylic acids is 2. The van der Waals surface area contributed by atoms with Gasteiger partial charge >= 0.3 is 0 Å². The van der Waals surface area contributed by atoms with E-state index in [4.69, 9.17) is 18.9 Å². The standard InChI is InChI=1S/C44H64F2N6O10S4/c1-7-63-43(64-8-2)35-21-29(45)27-49(35)41(53)31-23-37(59-5)39(25-33(31)51(55)56)61-19-11-13-47-15-17-48(18-16-47)14-12-20-62-40-26-34(52(57)58)32(24-38(40)60-6)42(54)50-28-30(46)22-36(50)44(65-9-3)66-10-4/h23-26,29-30,35-36,43-44H,7-22,27-28H2,1-6H3/t29?,30?,35-,36-/m0/s1. The molecule has 0 bridgehead atoms. The minimum Gasteiger partial charge on any atom is -0.493 e. The molecule has 0 aliphatic carbocycles. The number of thioether (sulfide) groups is 4. The summed E-state index contributed by atoms with van der Waals surface area (Å²) in [6.07, 6.45) is -0.791. The van der Waals surface area contributed by atoms with E-state index in [9.17, 15) is 38.6 Å². The fourth-order valence-corrected chi connectivity index (χ4v) is 14.2. The van der Waals surface area contributed by atoms with E-state index in [1.165, 1.54) is 48.3 Å². The topological polar surface area (TPSA) is 170 Å². The van der Waals surface area contributed by atoms with E-state index >= 15 is 0 Å². The molecule has 3 aliphatic rings. The summed E-state index contributed by atoms with van der Waals surface area (Å²) in [5.41, 5.74) is -1.16. The highest BCUT2D eigenvalue weighted by Crippen LogP contribution is 2.42. The first-order valence-corrected chi connectivity index (χ1v) is 26.8. The molecule has 16 nitrogen and oxygen atoms in total. The van der Waals surface area contributed by atoms with Gasteiger partial charge in [0.1, 0.15) is 23.5 Å². The predicted octanol–water partition coefficient (Wildman–Crippen LogP) is 8.15. The Labute approximate surface area is 403 Å². The van der Waals surface area contributed by atoms with Gasteiger partial charge in [-0.15, -0.1) is 47.0 Å². The van der Waals surface area contributed by atoms with Crippen molar-refractivity contribution in [3.05, 3.63) is 55.6 Å². The van der Waals surface area contributed by atoms with E-state index in [0.717, 1.165) is 62.3 Å². The van der Waals surface area contributed by atoms with E-state index < -0.39 is 57.5 Å². The molecule has 4 atom stereocenters. The number of nitro benzene ring substituents is 2. The number of benzene rings is 2. The van der Waals surface area contributed by atoms with Crippen molar-refractivity contribution in [1.29, 1.82) is 0 Å². The molecule has 2 aromatic rings. The first-order valence-electron chi connectivity index (χ1n) is 22.6. The molecule has 3 heterocycles. The molecule has 0 saturated carbocycles. The van der Waals surface area contributed by atoms with Crippen molar-refractivity contribution in [1.82, 2.24) is 19.6 Å². The molecule has 3 saturated heterocycles. The molecule has 0 radical (unpaired) electrons. The van der Waals surface area contributed by atoms with Crippen molar-refractivity contribution in [2.24, 2.45) is 0 Å². The Hall–Kier alpha value is -3.44. The fraction of sp³-hybridized carbons (Fsp3) is 0.682. The summed E-state index contributed by atoms with van der Waals surface area (Å²) in [5.74, 6) is 2.66. The molecule has 2 aromatic carbocycles. The molecule has 22 heteroatoms. The van der Waals surface area contributed by atoms with Crippen LogP contribution in [0.15, 0.2) is 24.3 Å². The number of hydrogen-bond donors (Lipinski definition) is 0. The maximum absolute atomic E-state index is 14.8. The normalized spacial score (nSPS) is 20.3. The number of hydrogen-bond acceptors (Lipinski definition) is 16. The Balaban J connectivity index is 1.10. The number of ether oxygens (including phenoxy) is 4. The van der Waals surface area contributed by atoms with E-state index in [0.29, 0.717) is 12.8 Å². The van der Waals surface area contributed by atoms with Crippen LogP contribution in [-0.2, 0) is 0 Å². The molecule has 66 heavy (non-hydrogen) atoms. The molecule has 0 N–H and O–H groups in total. The quantitative estimate of drug-likeness (QED) is 0.0383. The average Bonchev–Trinajstić information content (AvgIpc) is 3.90. The third kappa shape index (κ3) is 13.8. The van der Waals surface area contributed by atoms with E-state index in [2.05, 4.69) is 9.80 Å². The van der Waals surface area contributed by atoms with Crippen LogP contribution in [0.5, 0.6) is 23.0 Å². The number of alkyl halides is 2. The number of likely N-dealkylation sites (tertiary alicyclic amines) is 2. The summed E-state index contributed by atoms with van der Waals surface area (Å²) in [7, 11) is 2.81. The number of halogens is 2. The van der Waals surface area contributed by atoms with E-state index in [1.807, 2.05) is 27.7 Å². The number of nitrogens with zero attached hydrogens (tertiary/aromatic N) is 6. The minimum atomic E-state index is -1.21. The molecule has 2 amide bonds. The van der Waals surface area contributed by atoms with Crippen molar-refractivity contribution in [3.8, 4) is 23.0 Å². The van der Waals surface area contributed by atoms with Gasteiger partial charge in [-0.05, 0) is 35.9 Å². The second-order valence-electron chi connectivity index (χ2n) is 15.9. The number of piperazine rings is 1. The Morgan fingerprint density at radius 3 is 1.29 bits per heavy atom. The summed E-state index contributed by atoms with van der Waals surface area (Å²) < 4.78 is 52.5. The van der Waals surface area contributed by atoms with E-state index in [-0.39, 0.29) is 82.4 Å². The van der Waals surface area contributed by atoms with Crippen molar-refractivity contribution in [2.45, 2.75) is 87.0 Å². The lowest BCUT2D eigenvalue weighted by molar-refractivity contribution is -0.385. The van der Waals surface area contributed by atoms with Crippen LogP contribution in [-0.4, -0.2) is 178 Å². The average molecular weight is 1000 g/mol. The van der Waals surface area contributed by atoms with Gasteiger partial charge in [0.15, 0.2) is 23.0 Å². The van der Waals surface area contributed by atoms with Gasteiger partial charge in [0.05, 0.1) is 83.7 Å². The van der Waals surface area contributed by atoms with Gasteiger partial charge in [-0.1, -0.05) is 27.7 Å². The van der Waals surface area contributed by atoms with Gasteiger partial charge < -0.3 is 38.5 Å². The zero-order chi connectivity index (χ0) is 47.9. The molecule has 0 aromatic heterocycles. The molecule has 2 unspecified atom stereocenters. The number of rotatable bonds is 26. The smallest absolute Gasteiger partial charge is 0.286 e. The van der Waals surface area contributed by atoms with Crippen LogP contribution in [0.4, 0.5) is 20.2 Å². The zero-order valence-electron chi connectivity index (χ0n) is 38.7. The van der Waals surface area contributed by atoms with Crippen molar-refractivity contribution < 1.29 is 47.2 Å². The summed E-state index contributed by atoms with van der Waals surface area (Å²) in [4.78, 5) is 58.5. The molecule has 5 rings (SSSR count). The number of amides is 2. The number of carbonyl (C=O) groups is 2. The number of nitro groups is 2. The molecule has 3 fully saturated rings. The van der Waals surface area contributed by atoms with Crippen LogP contribution in [0.2, 0.25) is 0 Å². The highest BCUT2D eigenvalue weighted by atomic mass is 32.2. The predicted molar refractivity (Wildman–Crippen MR) is 261 cm³/mol. The molecule has 3 aliphatic heterocycles. The van der Waals surface area contributed by atoms with Gasteiger partial charge in [0, 0.05) is 64.2 Å². The summed E-state index contributed by atoms with van der Waals surface area (Å²) >= 11 is 6.59. The Morgan fingerprint density at radius 1 is 0.636 bits per heavy atom. The third-order valence-electron chi connectivity index (χ3n) is 11.7. The first-order chi connectivity index (χ1) is 31.8. The summed E-state index contributed by atoms with van der Waals surface area (Å²) in [6.45, 7) is 13.0. The van der Waals surface area contributed by atoms with E-state index in [1.54, 1.807) is 47.0 Å². The highest BCUT2D eigenvalue weighted by molar-refractivity contribution is 8.17. The zero-order valence-corrected chi connectivity index (χ0v) is 41.9. The SMILES string of the molecule is CCSC(SCC)[C@@H]1CC(F)CN1C(=O)c1cc(OC)c(OCCCN2CCN(CCCOc3cc([N+](=O)[O-])c(C(=O)N4CC(F)C[C@H]4C(SCC)SCC)cc3OC)CC2)cc1[N+](=O)[O-]. The van der Waals surface area contributed by atoms with Crippen LogP contribution in [0, 0.1) is 20.2 Å².